The van der Waals surface area contributed by atoms with Crippen LogP contribution in [0, 0.1) is 17.6 Å². The lowest BCUT2D eigenvalue weighted by Gasteiger charge is -2.28. The zero-order valence-electron chi connectivity index (χ0n) is 10.7. The van der Waals surface area contributed by atoms with E-state index in [9.17, 15) is 8.78 Å². The summed E-state index contributed by atoms with van der Waals surface area (Å²) < 4.78 is 26.9. The lowest BCUT2D eigenvalue weighted by atomic mass is 9.77. The first-order chi connectivity index (χ1) is 8.72. The van der Waals surface area contributed by atoms with Crippen molar-refractivity contribution in [3.8, 4) is 0 Å². The fraction of sp³-hybridized carbons (Fsp3) is 0.500. The van der Waals surface area contributed by atoms with Gasteiger partial charge in [-0.2, -0.15) is 0 Å². The molecule has 0 saturated heterocycles. The van der Waals surface area contributed by atoms with Gasteiger partial charge in [0, 0.05) is 0 Å². The lowest BCUT2D eigenvalue weighted by Crippen LogP contribution is -2.14. The maximum atomic E-state index is 13.7. The number of benzene rings is 1. The van der Waals surface area contributed by atoms with E-state index in [0.29, 0.717) is 5.56 Å². The summed E-state index contributed by atoms with van der Waals surface area (Å²) in [4.78, 5) is 0. The van der Waals surface area contributed by atoms with Gasteiger partial charge in [0.1, 0.15) is 0 Å². The Bertz CT molecular complexity index is 404. The van der Waals surface area contributed by atoms with E-state index in [1.54, 1.807) is 12.1 Å². The van der Waals surface area contributed by atoms with Crippen LogP contribution in [-0.4, -0.2) is 0 Å². The summed E-state index contributed by atoms with van der Waals surface area (Å²) in [5.41, 5.74) is 0.567. The molecule has 0 aliphatic heterocycles. The minimum atomic E-state index is -0.721. The molecule has 0 aromatic heterocycles. The molecule has 0 bridgehead atoms. The average Bonchev–Trinajstić information content (AvgIpc) is 2.40. The van der Waals surface area contributed by atoms with Crippen LogP contribution in [0.4, 0.5) is 8.78 Å². The molecule has 1 saturated carbocycles. The third kappa shape index (κ3) is 2.98. The first-order valence-electron chi connectivity index (χ1n) is 6.77. The summed E-state index contributed by atoms with van der Waals surface area (Å²) in [5, 5.41) is 0. The van der Waals surface area contributed by atoms with E-state index >= 15 is 0 Å². The second-order valence-corrected chi connectivity index (χ2v) is 5.23. The molecule has 0 unspecified atom stereocenters. The van der Waals surface area contributed by atoms with E-state index < -0.39 is 11.6 Å². The van der Waals surface area contributed by atoms with Gasteiger partial charge in [-0.25, -0.2) is 8.78 Å². The average molecular weight is 250 g/mol. The van der Waals surface area contributed by atoms with Crippen LogP contribution in [0.25, 0.3) is 0 Å². The zero-order valence-corrected chi connectivity index (χ0v) is 10.7. The van der Waals surface area contributed by atoms with Crippen molar-refractivity contribution in [2.24, 2.45) is 5.92 Å². The van der Waals surface area contributed by atoms with Crippen LogP contribution in [-0.2, 0) is 0 Å². The highest BCUT2D eigenvalue weighted by Crippen LogP contribution is 2.38. The monoisotopic (exact) mass is 250 g/mol. The lowest BCUT2D eigenvalue weighted by molar-refractivity contribution is 0.306. The molecule has 0 nitrogen and oxygen atoms in total. The van der Waals surface area contributed by atoms with E-state index in [1.165, 1.54) is 12.5 Å². The van der Waals surface area contributed by atoms with Crippen LogP contribution in [0.1, 0.15) is 50.0 Å². The molecule has 0 amide bonds. The predicted molar refractivity (Wildman–Crippen MR) is 70.5 cm³/mol. The standard InChI is InChI=1S/C16H20F2/c1-2-3-5-12-8-10-13(11-9-12)14-6-4-7-15(17)16(14)18/h2,4,6-7,12-13H,1,3,5,8-11H2. The quantitative estimate of drug-likeness (QED) is 0.644. The molecule has 1 aromatic carbocycles. The molecule has 18 heavy (non-hydrogen) atoms. The van der Waals surface area contributed by atoms with E-state index in [2.05, 4.69) is 6.58 Å². The molecule has 1 aliphatic rings. The predicted octanol–water partition coefficient (Wildman–Crippen LogP) is 5.20. The Kier molecular flexibility index (Phi) is 4.51. The van der Waals surface area contributed by atoms with E-state index in [-0.39, 0.29) is 5.92 Å². The van der Waals surface area contributed by atoms with Crippen LogP contribution < -0.4 is 0 Å². The fourth-order valence-corrected chi connectivity index (χ4v) is 2.95. The van der Waals surface area contributed by atoms with Crippen molar-refractivity contribution >= 4 is 0 Å². The molecule has 0 heterocycles. The number of rotatable bonds is 4. The van der Waals surface area contributed by atoms with Gasteiger partial charge in [-0.3, -0.25) is 0 Å². The maximum Gasteiger partial charge on any atom is 0.162 e. The Morgan fingerprint density at radius 1 is 1.17 bits per heavy atom. The van der Waals surface area contributed by atoms with Crippen molar-refractivity contribution in [2.45, 2.75) is 44.4 Å². The molecule has 0 N–H and O–H groups in total. The van der Waals surface area contributed by atoms with Gasteiger partial charge in [0.25, 0.3) is 0 Å². The minimum absolute atomic E-state index is 0.195. The van der Waals surface area contributed by atoms with Gasteiger partial charge >= 0.3 is 0 Å². The summed E-state index contributed by atoms with van der Waals surface area (Å²) in [6, 6.07) is 4.53. The molecule has 0 atom stereocenters. The molecule has 0 radical (unpaired) electrons. The minimum Gasteiger partial charge on any atom is -0.204 e. The Hall–Kier alpha value is -1.18. The summed E-state index contributed by atoms with van der Waals surface area (Å²) in [6.07, 6.45) is 8.39. The molecule has 2 heteroatoms. The van der Waals surface area contributed by atoms with Crippen molar-refractivity contribution < 1.29 is 8.78 Å². The van der Waals surface area contributed by atoms with Crippen LogP contribution >= 0.6 is 0 Å². The molecular weight excluding hydrogens is 230 g/mol. The van der Waals surface area contributed by atoms with Gasteiger partial charge in [-0.05, 0) is 62.0 Å². The highest BCUT2D eigenvalue weighted by molar-refractivity contribution is 5.23. The molecule has 0 spiro atoms. The third-order valence-electron chi connectivity index (χ3n) is 4.05. The number of hydrogen-bond acceptors (Lipinski definition) is 0. The zero-order chi connectivity index (χ0) is 13.0. The van der Waals surface area contributed by atoms with Crippen LogP contribution in [0.3, 0.4) is 0 Å². The molecule has 1 aliphatic carbocycles. The number of halogens is 2. The molecule has 2 rings (SSSR count). The Morgan fingerprint density at radius 3 is 2.56 bits per heavy atom. The number of allylic oxidation sites excluding steroid dienone is 1. The normalized spacial score (nSPS) is 23.9. The Balaban J connectivity index is 1.97. The maximum absolute atomic E-state index is 13.7. The molecule has 1 fully saturated rings. The SMILES string of the molecule is C=CCCC1CCC(c2cccc(F)c2F)CC1. The van der Waals surface area contributed by atoms with Gasteiger partial charge in [-0.1, -0.05) is 18.2 Å². The van der Waals surface area contributed by atoms with E-state index in [0.717, 1.165) is 38.0 Å². The smallest absolute Gasteiger partial charge is 0.162 e. The topological polar surface area (TPSA) is 0 Å². The van der Waals surface area contributed by atoms with E-state index in [1.807, 2.05) is 6.08 Å². The summed E-state index contributed by atoms with van der Waals surface area (Å²) in [7, 11) is 0. The van der Waals surface area contributed by atoms with Crippen LogP contribution in [0.5, 0.6) is 0 Å². The van der Waals surface area contributed by atoms with E-state index in [4.69, 9.17) is 0 Å². The van der Waals surface area contributed by atoms with Gasteiger partial charge in [0.15, 0.2) is 11.6 Å². The van der Waals surface area contributed by atoms with Gasteiger partial charge in [0.2, 0.25) is 0 Å². The van der Waals surface area contributed by atoms with Crippen molar-refractivity contribution in [3.63, 3.8) is 0 Å². The summed E-state index contributed by atoms with van der Waals surface area (Å²) in [6.45, 7) is 3.74. The summed E-state index contributed by atoms with van der Waals surface area (Å²) >= 11 is 0. The Morgan fingerprint density at radius 2 is 1.89 bits per heavy atom. The molecule has 1 aromatic rings. The first kappa shape index (κ1) is 13.3. The van der Waals surface area contributed by atoms with Crippen molar-refractivity contribution in [1.29, 1.82) is 0 Å². The molecular formula is C16H20F2. The highest BCUT2D eigenvalue weighted by Gasteiger charge is 2.24. The van der Waals surface area contributed by atoms with Crippen LogP contribution in [0.2, 0.25) is 0 Å². The van der Waals surface area contributed by atoms with Crippen molar-refractivity contribution in [1.82, 2.24) is 0 Å². The van der Waals surface area contributed by atoms with Gasteiger partial charge in [0.05, 0.1) is 0 Å². The second kappa shape index (κ2) is 6.12. The highest BCUT2D eigenvalue weighted by atomic mass is 19.2. The van der Waals surface area contributed by atoms with Crippen LogP contribution in [0.15, 0.2) is 30.9 Å². The third-order valence-corrected chi connectivity index (χ3v) is 4.05. The number of hydrogen-bond donors (Lipinski definition) is 0. The van der Waals surface area contributed by atoms with Gasteiger partial charge in [-0.15, -0.1) is 6.58 Å². The fourth-order valence-electron chi connectivity index (χ4n) is 2.95. The van der Waals surface area contributed by atoms with Gasteiger partial charge < -0.3 is 0 Å². The first-order valence-corrected chi connectivity index (χ1v) is 6.77. The molecule has 98 valence electrons. The van der Waals surface area contributed by atoms with Crippen molar-refractivity contribution in [3.05, 3.63) is 48.1 Å². The summed E-state index contributed by atoms with van der Waals surface area (Å²) in [5.74, 6) is -0.440. The Labute approximate surface area is 108 Å². The van der Waals surface area contributed by atoms with Crippen molar-refractivity contribution in [2.75, 3.05) is 0 Å². The second-order valence-electron chi connectivity index (χ2n) is 5.23. The largest absolute Gasteiger partial charge is 0.204 e.